The van der Waals surface area contributed by atoms with Gasteiger partial charge in [0.05, 0.1) is 18.4 Å². The predicted octanol–water partition coefficient (Wildman–Crippen LogP) is 3.17. The van der Waals surface area contributed by atoms with E-state index in [1.807, 2.05) is 24.3 Å². The normalized spacial score (nSPS) is 24.0. The summed E-state index contributed by atoms with van der Waals surface area (Å²) in [6.07, 6.45) is 0.986. The van der Waals surface area contributed by atoms with E-state index in [-0.39, 0.29) is 5.91 Å². The Morgan fingerprint density at radius 3 is 2.62 bits per heavy atom. The van der Waals surface area contributed by atoms with E-state index in [2.05, 4.69) is 0 Å². The van der Waals surface area contributed by atoms with Gasteiger partial charge in [0, 0.05) is 17.6 Å². The van der Waals surface area contributed by atoms with E-state index < -0.39 is 17.7 Å². The second-order valence-corrected chi connectivity index (χ2v) is 6.69. The molecule has 1 fully saturated rings. The standard InChI is InChI=1S/C20H16ClNO4/c1-22-16-6-4-3-5-15(16)20(19(22)24)17(26-20)14(18(23)25-2)11-12-7-9-13(21)10-8-12/h3-11,17H,1-2H3/b14-11+/t17-,20?/m1/s1. The van der Waals surface area contributed by atoms with Crippen molar-refractivity contribution in [3.63, 3.8) is 0 Å². The van der Waals surface area contributed by atoms with E-state index in [4.69, 9.17) is 21.1 Å². The van der Waals surface area contributed by atoms with Gasteiger partial charge in [0.25, 0.3) is 5.91 Å². The maximum atomic E-state index is 12.9. The molecular weight excluding hydrogens is 354 g/mol. The molecule has 132 valence electrons. The summed E-state index contributed by atoms with van der Waals surface area (Å²) >= 11 is 5.92. The molecule has 1 unspecified atom stereocenters. The van der Waals surface area contributed by atoms with Crippen molar-refractivity contribution in [3.8, 4) is 0 Å². The number of likely N-dealkylation sites (N-methyl/N-ethyl adjacent to an activating group) is 1. The van der Waals surface area contributed by atoms with Crippen LogP contribution in [0.4, 0.5) is 5.69 Å². The summed E-state index contributed by atoms with van der Waals surface area (Å²) in [5.74, 6) is -0.712. The number of fused-ring (bicyclic) bond motifs is 2. The van der Waals surface area contributed by atoms with Gasteiger partial charge in [-0.1, -0.05) is 41.9 Å². The number of para-hydroxylation sites is 1. The fourth-order valence-corrected chi connectivity index (χ4v) is 3.58. The maximum absolute atomic E-state index is 12.9. The third kappa shape index (κ3) is 2.35. The summed E-state index contributed by atoms with van der Waals surface area (Å²) in [6.45, 7) is 0. The van der Waals surface area contributed by atoms with Gasteiger partial charge in [-0.2, -0.15) is 0 Å². The first kappa shape index (κ1) is 16.8. The smallest absolute Gasteiger partial charge is 0.336 e. The molecule has 0 aromatic heterocycles. The molecule has 0 saturated carbocycles. The van der Waals surface area contributed by atoms with Gasteiger partial charge < -0.3 is 14.4 Å². The predicted molar refractivity (Wildman–Crippen MR) is 97.8 cm³/mol. The highest BCUT2D eigenvalue weighted by molar-refractivity contribution is 6.30. The zero-order chi connectivity index (χ0) is 18.5. The SMILES string of the molecule is COC(=O)/C(=C/c1ccc(Cl)cc1)[C@H]1OC12C(=O)N(C)c1ccccc12. The number of nitrogens with zero attached hydrogens (tertiary/aromatic N) is 1. The van der Waals surface area contributed by atoms with Gasteiger partial charge in [-0.15, -0.1) is 0 Å². The number of carbonyl (C=O) groups excluding carboxylic acids is 2. The average molecular weight is 370 g/mol. The first-order valence-electron chi connectivity index (χ1n) is 8.10. The molecule has 2 aliphatic heterocycles. The van der Waals surface area contributed by atoms with Crippen molar-refractivity contribution in [1.29, 1.82) is 0 Å². The van der Waals surface area contributed by atoms with Crippen LogP contribution in [0.2, 0.25) is 5.02 Å². The summed E-state index contributed by atoms with van der Waals surface area (Å²) in [4.78, 5) is 26.8. The first-order valence-corrected chi connectivity index (χ1v) is 8.48. The molecule has 0 bridgehead atoms. The molecule has 0 radical (unpaired) electrons. The number of amides is 1. The maximum Gasteiger partial charge on any atom is 0.336 e. The molecule has 0 N–H and O–H groups in total. The average Bonchev–Trinajstić information content (AvgIpc) is 3.37. The van der Waals surface area contributed by atoms with E-state index >= 15 is 0 Å². The minimum Gasteiger partial charge on any atom is -0.466 e. The number of ether oxygens (including phenoxy) is 2. The summed E-state index contributed by atoms with van der Waals surface area (Å²) in [7, 11) is 3.01. The van der Waals surface area contributed by atoms with E-state index in [0.717, 1.165) is 16.8 Å². The Balaban J connectivity index is 1.77. The van der Waals surface area contributed by atoms with Gasteiger partial charge in [0.2, 0.25) is 5.60 Å². The van der Waals surface area contributed by atoms with Gasteiger partial charge >= 0.3 is 5.97 Å². The largest absolute Gasteiger partial charge is 0.466 e. The van der Waals surface area contributed by atoms with Gasteiger partial charge in [0.15, 0.2) is 0 Å². The molecule has 2 aromatic carbocycles. The second-order valence-electron chi connectivity index (χ2n) is 6.26. The molecule has 26 heavy (non-hydrogen) atoms. The molecule has 1 amide bonds. The second kappa shape index (κ2) is 5.97. The topological polar surface area (TPSA) is 59.1 Å². The highest BCUT2D eigenvalue weighted by atomic mass is 35.5. The van der Waals surface area contributed by atoms with Crippen LogP contribution >= 0.6 is 11.6 Å². The van der Waals surface area contributed by atoms with E-state index in [1.165, 1.54) is 7.11 Å². The molecule has 5 nitrogen and oxygen atoms in total. The van der Waals surface area contributed by atoms with Crippen LogP contribution in [0.5, 0.6) is 0 Å². The van der Waals surface area contributed by atoms with E-state index in [1.54, 1.807) is 42.3 Å². The van der Waals surface area contributed by atoms with Gasteiger partial charge in [0.1, 0.15) is 6.10 Å². The van der Waals surface area contributed by atoms with Crippen LogP contribution in [-0.4, -0.2) is 32.1 Å². The van der Waals surface area contributed by atoms with Crippen LogP contribution in [0.1, 0.15) is 11.1 Å². The van der Waals surface area contributed by atoms with Crippen molar-refractivity contribution in [1.82, 2.24) is 0 Å². The summed E-state index contributed by atoms with van der Waals surface area (Å²) < 4.78 is 10.8. The van der Waals surface area contributed by atoms with Crippen molar-refractivity contribution >= 4 is 35.2 Å². The van der Waals surface area contributed by atoms with Crippen LogP contribution in [-0.2, 0) is 24.7 Å². The number of anilines is 1. The molecular formula is C20H16ClNO4. The fraction of sp³-hybridized carbons (Fsp3) is 0.200. The third-order valence-electron chi connectivity index (χ3n) is 4.80. The lowest BCUT2D eigenvalue weighted by Crippen LogP contribution is -2.32. The number of hydrogen-bond acceptors (Lipinski definition) is 4. The Morgan fingerprint density at radius 1 is 1.23 bits per heavy atom. The highest BCUT2D eigenvalue weighted by Crippen LogP contribution is 2.57. The summed E-state index contributed by atoms with van der Waals surface area (Å²) in [5, 5.41) is 0.599. The Kier molecular flexibility index (Phi) is 3.86. The lowest BCUT2D eigenvalue weighted by molar-refractivity contribution is -0.136. The number of hydrogen-bond donors (Lipinski definition) is 0. The van der Waals surface area contributed by atoms with Crippen LogP contribution in [0.15, 0.2) is 54.1 Å². The minimum absolute atomic E-state index is 0.186. The van der Waals surface area contributed by atoms with Crippen LogP contribution in [0, 0.1) is 0 Å². The number of halogens is 1. The number of carbonyl (C=O) groups is 2. The van der Waals surface area contributed by atoms with Crippen molar-refractivity contribution in [2.24, 2.45) is 0 Å². The summed E-state index contributed by atoms with van der Waals surface area (Å²) in [5.41, 5.74) is 1.47. The van der Waals surface area contributed by atoms with Gasteiger partial charge in [-0.25, -0.2) is 4.79 Å². The van der Waals surface area contributed by atoms with Crippen LogP contribution in [0.3, 0.4) is 0 Å². The molecule has 2 aromatic rings. The molecule has 6 heteroatoms. The Labute approximate surface area is 155 Å². The number of benzene rings is 2. The molecule has 0 aliphatic carbocycles. The zero-order valence-electron chi connectivity index (χ0n) is 14.2. The third-order valence-corrected chi connectivity index (χ3v) is 5.05. The first-order chi connectivity index (χ1) is 12.5. The van der Waals surface area contributed by atoms with Crippen LogP contribution in [0.25, 0.3) is 6.08 Å². The zero-order valence-corrected chi connectivity index (χ0v) is 15.0. The van der Waals surface area contributed by atoms with Crippen molar-refractivity contribution in [2.45, 2.75) is 11.7 Å². The van der Waals surface area contributed by atoms with Crippen molar-refractivity contribution < 1.29 is 19.1 Å². The molecule has 1 spiro atoms. The molecule has 4 rings (SSSR count). The number of rotatable bonds is 3. The number of methoxy groups -OCH3 is 1. The molecule has 2 atom stereocenters. The monoisotopic (exact) mass is 369 g/mol. The lowest BCUT2D eigenvalue weighted by atomic mass is 9.92. The summed E-state index contributed by atoms with van der Waals surface area (Å²) in [6, 6.07) is 14.5. The minimum atomic E-state index is -1.15. The van der Waals surface area contributed by atoms with E-state index in [0.29, 0.717) is 10.6 Å². The van der Waals surface area contributed by atoms with Crippen molar-refractivity contribution in [2.75, 3.05) is 19.1 Å². The molecule has 2 heterocycles. The number of epoxide rings is 1. The lowest BCUT2D eigenvalue weighted by Gasteiger charge is -2.09. The molecule has 1 saturated heterocycles. The van der Waals surface area contributed by atoms with Gasteiger partial charge in [-0.3, -0.25) is 4.79 Å². The van der Waals surface area contributed by atoms with Gasteiger partial charge in [-0.05, 0) is 29.8 Å². The number of esters is 1. The fourth-order valence-electron chi connectivity index (χ4n) is 3.45. The Hall–Kier alpha value is -2.63. The quantitative estimate of drug-likeness (QED) is 0.473. The Morgan fingerprint density at radius 2 is 1.92 bits per heavy atom. The van der Waals surface area contributed by atoms with Crippen molar-refractivity contribution in [3.05, 3.63) is 70.3 Å². The molecule has 2 aliphatic rings. The van der Waals surface area contributed by atoms with Crippen LogP contribution < -0.4 is 4.90 Å². The highest BCUT2D eigenvalue weighted by Gasteiger charge is 2.71. The van der Waals surface area contributed by atoms with E-state index in [9.17, 15) is 9.59 Å². The Bertz CT molecular complexity index is 937.